The lowest BCUT2D eigenvalue weighted by Gasteiger charge is -2.50. The first-order chi connectivity index (χ1) is 19.4. The third-order valence-electron chi connectivity index (χ3n) is 8.93. The van der Waals surface area contributed by atoms with Crippen molar-refractivity contribution in [1.82, 2.24) is 4.90 Å². The lowest BCUT2D eigenvalue weighted by Crippen LogP contribution is -2.60. The van der Waals surface area contributed by atoms with Crippen LogP contribution in [-0.4, -0.2) is 68.6 Å². The number of carboxylic acids is 1. The normalized spacial score (nSPS) is 32.4. The van der Waals surface area contributed by atoms with Gasteiger partial charge in [0.05, 0.1) is 30.2 Å². The maximum absolute atomic E-state index is 14.0. The summed E-state index contributed by atoms with van der Waals surface area (Å²) in [5.41, 5.74) is 0.735. The van der Waals surface area contributed by atoms with Crippen LogP contribution in [0.5, 0.6) is 11.5 Å². The summed E-state index contributed by atoms with van der Waals surface area (Å²) in [5.74, 6) is -7.64. The summed E-state index contributed by atoms with van der Waals surface area (Å²) in [6, 6.07) is 10.2. The zero-order chi connectivity index (χ0) is 29.6. The fourth-order valence-electron chi connectivity index (χ4n) is 7.06. The van der Waals surface area contributed by atoms with Crippen LogP contribution in [-0.2, 0) is 19.2 Å². The molecule has 41 heavy (non-hydrogen) atoms. The number of amides is 4. The molecular formula is C29H24Cl2N2O8. The van der Waals surface area contributed by atoms with Crippen LogP contribution in [0.25, 0.3) is 0 Å². The number of aromatic carboxylic acids is 1. The van der Waals surface area contributed by atoms with Crippen molar-refractivity contribution in [3.05, 3.63) is 65.2 Å². The van der Waals surface area contributed by atoms with E-state index >= 15 is 0 Å². The van der Waals surface area contributed by atoms with Gasteiger partial charge in [0.1, 0.15) is 0 Å². The predicted octanol–water partition coefficient (Wildman–Crippen LogP) is 3.29. The van der Waals surface area contributed by atoms with Gasteiger partial charge in [-0.05, 0) is 43.0 Å². The van der Waals surface area contributed by atoms with Gasteiger partial charge in [-0.25, -0.2) is 4.79 Å². The largest absolute Gasteiger partial charge is 0.504 e. The fourth-order valence-corrected chi connectivity index (χ4v) is 8.07. The zero-order valence-corrected chi connectivity index (χ0v) is 23.3. The van der Waals surface area contributed by atoms with Crippen LogP contribution in [0.15, 0.2) is 54.1 Å². The number of anilines is 1. The number of carbonyl (C=O) groups is 5. The van der Waals surface area contributed by atoms with Crippen molar-refractivity contribution in [2.45, 2.75) is 28.5 Å². The highest BCUT2D eigenvalue weighted by molar-refractivity contribution is 6.53. The molecule has 0 spiro atoms. The molecule has 212 valence electrons. The van der Waals surface area contributed by atoms with Gasteiger partial charge in [-0.2, -0.15) is 0 Å². The Kier molecular flexibility index (Phi) is 6.03. The molecule has 2 aromatic carbocycles. The summed E-state index contributed by atoms with van der Waals surface area (Å²) in [5, 5.41) is 20.6. The number of alkyl halides is 2. The van der Waals surface area contributed by atoms with Crippen molar-refractivity contribution < 1.29 is 38.9 Å². The number of phenols is 1. The molecule has 2 aliphatic heterocycles. The van der Waals surface area contributed by atoms with E-state index in [4.69, 9.17) is 27.9 Å². The molecule has 0 bridgehead atoms. The molecule has 6 unspecified atom stereocenters. The summed E-state index contributed by atoms with van der Waals surface area (Å²) in [6.45, 7) is 0. The second-order valence-corrected chi connectivity index (χ2v) is 12.0. The number of methoxy groups -OCH3 is 1. The lowest BCUT2D eigenvalue weighted by atomic mass is 9.56. The Morgan fingerprint density at radius 1 is 1.02 bits per heavy atom. The van der Waals surface area contributed by atoms with Gasteiger partial charge in [-0.15, -0.1) is 23.2 Å². The van der Waals surface area contributed by atoms with E-state index in [0.29, 0.717) is 5.57 Å². The molecule has 3 fully saturated rings. The van der Waals surface area contributed by atoms with Crippen molar-refractivity contribution in [1.29, 1.82) is 0 Å². The number of benzene rings is 2. The minimum absolute atomic E-state index is 0.0900. The van der Waals surface area contributed by atoms with Gasteiger partial charge in [-0.3, -0.25) is 29.0 Å². The van der Waals surface area contributed by atoms with Crippen LogP contribution < -0.4 is 9.64 Å². The number of carbonyl (C=O) groups excluding carboxylic acids is 4. The topological polar surface area (TPSA) is 142 Å². The summed E-state index contributed by atoms with van der Waals surface area (Å²) < 4.78 is 5.29. The number of carboxylic acid groups (broad SMARTS) is 1. The van der Waals surface area contributed by atoms with Gasteiger partial charge in [0.15, 0.2) is 21.2 Å². The molecule has 2 heterocycles. The lowest BCUT2D eigenvalue weighted by molar-refractivity contribution is -0.138. The maximum Gasteiger partial charge on any atom is 0.335 e. The van der Waals surface area contributed by atoms with Crippen LogP contribution >= 0.6 is 23.2 Å². The number of ether oxygens (including phenoxy) is 1. The van der Waals surface area contributed by atoms with Crippen molar-refractivity contribution in [3.8, 4) is 11.5 Å². The molecule has 2 saturated heterocycles. The average Bonchev–Trinajstić information content (AvgIpc) is 3.28. The van der Waals surface area contributed by atoms with E-state index in [2.05, 4.69) is 0 Å². The number of rotatable bonds is 4. The number of allylic oxidation sites excluding steroid dienone is 2. The summed E-state index contributed by atoms with van der Waals surface area (Å²) in [7, 11) is 2.64. The highest BCUT2D eigenvalue weighted by atomic mass is 35.5. The highest BCUT2D eigenvalue weighted by Crippen LogP contribution is 2.66. The first-order valence-corrected chi connectivity index (χ1v) is 13.6. The molecule has 2 aliphatic carbocycles. The van der Waals surface area contributed by atoms with Crippen LogP contribution in [0.2, 0.25) is 0 Å². The Bertz CT molecular complexity index is 1610. The molecule has 1 saturated carbocycles. The highest BCUT2D eigenvalue weighted by Gasteiger charge is 2.76. The SMILES string of the molecule is COc1cccc(C2C3=CCC4C(=O)N(c5cccc(C(=O)O)c5)C(=O)C4C3CC3(Cl)C(=O)N(C)C(=O)C23Cl)c1O. The van der Waals surface area contributed by atoms with E-state index in [1.807, 2.05) is 0 Å². The van der Waals surface area contributed by atoms with Crippen LogP contribution in [0.4, 0.5) is 5.69 Å². The Morgan fingerprint density at radius 3 is 2.41 bits per heavy atom. The first-order valence-electron chi connectivity index (χ1n) is 12.9. The van der Waals surface area contributed by atoms with E-state index in [0.717, 1.165) is 9.80 Å². The minimum Gasteiger partial charge on any atom is -0.504 e. The number of nitrogens with zero attached hydrogens (tertiary/aromatic N) is 2. The number of likely N-dealkylation sites (tertiary alicyclic amines) is 1. The minimum atomic E-state index is -2.04. The van der Waals surface area contributed by atoms with Gasteiger partial charge in [-0.1, -0.05) is 29.8 Å². The zero-order valence-electron chi connectivity index (χ0n) is 21.8. The van der Waals surface area contributed by atoms with Gasteiger partial charge in [0.2, 0.25) is 11.8 Å². The number of hydrogen-bond donors (Lipinski definition) is 2. The predicted molar refractivity (Wildman–Crippen MR) is 146 cm³/mol. The van der Waals surface area contributed by atoms with E-state index < -0.39 is 63.0 Å². The Balaban J connectivity index is 1.52. The third kappa shape index (κ3) is 3.40. The molecule has 0 aromatic heterocycles. The molecule has 4 aliphatic rings. The Hall–Kier alpha value is -3.89. The van der Waals surface area contributed by atoms with E-state index in [-0.39, 0.29) is 41.2 Å². The Morgan fingerprint density at radius 2 is 1.73 bits per heavy atom. The maximum atomic E-state index is 14.0. The number of halogens is 2. The van der Waals surface area contributed by atoms with Crippen molar-refractivity contribution in [2.75, 3.05) is 19.1 Å². The molecular weight excluding hydrogens is 575 g/mol. The summed E-state index contributed by atoms with van der Waals surface area (Å²) in [6.07, 6.45) is 1.66. The number of aromatic hydroxyl groups is 1. The number of hydrogen-bond acceptors (Lipinski definition) is 7. The number of para-hydroxylation sites is 1. The number of fused-ring (bicyclic) bond motifs is 4. The molecule has 12 heteroatoms. The van der Waals surface area contributed by atoms with Gasteiger partial charge in [0.25, 0.3) is 11.8 Å². The molecule has 6 rings (SSSR count). The number of imide groups is 2. The summed E-state index contributed by atoms with van der Waals surface area (Å²) >= 11 is 14.2. The fraction of sp³-hybridized carbons (Fsp3) is 0.345. The van der Waals surface area contributed by atoms with E-state index in [9.17, 15) is 34.2 Å². The molecule has 2 aromatic rings. The quantitative estimate of drug-likeness (QED) is 0.310. The summed E-state index contributed by atoms with van der Waals surface area (Å²) in [4.78, 5) is 64.2. The molecule has 6 atom stereocenters. The first kappa shape index (κ1) is 27.3. The van der Waals surface area contributed by atoms with Crippen molar-refractivity contribution in [3.63, 3.8) is 0 Å². The second kappa shape index (κ2) is 9.06. The second-order valence-electron chi connectivity index (χ2n) is 10.8. The molecule has 10 nitrogen and oxygen atoms in total. The van der Waals surface area contributed by atoms with Crippen LogP contribution in [0, 0.1) is 17.8 Å². The van der Waals surface area contributed by atoms with Gasteiger partial charge >= 0.3 is 5.97 Å². The molecule has 2 N–H and O–H groups in total. The monoisotopic (exact) mass is 598 g/mol. The van der Waals surface area contributed by atoms with Gasteiger partial charge < -0.3 is 14.9 Å². The average molecular weight is 599 g/mol. The smallest absolute Gasteiger partial charge is 0.335 e. The van der Waals surface area contributed by atoms with E-state index in [1.165, 1.54) is 44.5 Å². The number of phenolic OH excluding ortho intramolecular Hbond substituents is 1. The molecule has 4 amide bonds. The van der Waals surface area contributed by atoms with Crippen molar-refractivity contribution >= 4 is 58.5 Å². The third-order valence-corrected chi connectivity index (χ3v) is 10.3. The van der Waals surface area contributed by atoms with E-state index in [1.54, 1.807) is 18.2 Å². The van der Waals surface area contributed by atoms with Crippen LogP contribution in [0.1, 0.15) is 34.7 Å². The van der Waals surface area contributed by atoms with Crippen molar-refractivity contribution in [2.24, 2.45) is 17.8 Å². The Labute approximate surface area is 244 Å². The molecule has 0 radical (unpaired) electrons. The van der Waals surface area contributed by atoms with Gasteiger partial charge in [0, 0.05) is 18.5 Å². The van der Waals surface area contributed by atoms with Crippen LogP contribution in [0.3, 0.4) is 0 Å². The standard InChI is InChI=1S/C29H24Cl2N2O8/c1-32-26(39)28(30)12-18-15(21(29(28,31)27(32)40)17-7-4-8-19(41-2)22(17)34)9-10-16-20(18)24(36)33(23(16)35)14-6-3-5-13(11-14)25(37)38/h3-9,11,16,18,20-21,34H,10,12H2,1-2H3,(H,37,38).